The lowest BCUT2D eigenvalue weighted by atomic mass is 10.2. The summed E-state index contributed by atoms with van der Waals surface area (Å²) in [6.45, 7) is 3.06. The normalized spacial score (nSPS) is 15.5. The summed E-state index contributed by atoms with van der Waals surface area (Å²) in [5.41, 5.74) is 7.09. The molecule has 1 aliphatic rings. The highest BCUT2D eigenvalue weighted by Crippen LogP contribution is 2.34. The number of unbranched alkanes of at least 4 members (excludes halogenated alkanes) is 1. The molecular weight excluding hydrogens is 262 g/mol. The molecule has 0 aromatic heterocycles. The first-order valence-electron chi connectivity index (χ1n) is 6.62. The van der Waals surface area contributed by atoms with Crippen LogP contribution in [0.4, 0.5) is 11.4 Å². The van der Waals surface area contributed by atoms with Gasteiger partial charge in [-0.05, 0) is 37.5 Å². The maximum atomic E-state index is 11.5. The van der Waals surface area contributed by atoms with Gasteiger partial charge in [0.1, 0.15) is 0 Å². The zero-order valence-electron chi connectivity index (χ0n) is 11.2. The number of benzene rings is 1. The van der Waals surface area contributed by atoms with Crippen molar-refractivity contribution < 1.29 is 8.42 Å². The van der Waals surface area contributed by atoms with E-state index in [0.29, 0.717) is 11.7 Å². The third-order valence-electron chi connectivity index (χ3n) is 3.31. The van der Waals surface area contributed by atoms with Crippen molar-refractivity contribution >= 4 is 21.4 Å². The van der Waals surface area contributed by atoms with Crippen LogP contribution in [0.1, 0.15) is 32.6 Å². The molecule has 4 N–H and O–H groups in total. The van der Waals surface area contributed by atoms with Crippen LogP contribution in [-0.4, -0.2) is 21.0 Å². The molecule has 0 aliphatic heterocycles. The van der Waals surface area contributed by atoms with Crippen LogP contribution in [0.5, 0.6) is 0 Å². The second-order valence-electron chi connectivity index (χ2n) is 5.08. The van der Waals surface area contributed by atoms with Crippen LogP contribution in [-0.2, 0) is 10.0 Å². The SMILES string of the molecule is CCCCN(c1cc(N)cc(S(N)(=O)=O)c1)C1CC1. The largest absolute Gasteiger partial charge is 0.399 e. The molecule has 0 saturated heterocycles. The average molecular weight is 283 g/mol. The first kappa shape index (κ1) is 14.1. The maximum absolute atomic E-state index is 11.5. The van der Waals surface area contributed by atoms with Crippen LogP contribution >= 0.6 is 0 Å². The van der Waals surface area contributed by atoms with E-state index in [-0.39, 0.29) is 4.90 Å². The lowest BCUT2D eigenvalue weighted by molar-refractivity contribution is 0.597. The molecule has 106 valence electrons. The summed E-state index contributed by atoms with van der Waals surface area (Å²) < 4.78 is 22.9. The number of hydrogen-bond donors (Lipinski definition) is 2. The third kappa shape index (κ3) is 3.61. The van der Waals surface area contributed by atoms with Crippen molar-refractivity contribution in [3.63, 3.8) is 0 Å². The Hall–Kier alpha value is -1.27. The summed E-state index contributed by atoms with van der Waals surface area (Å²) in [4.78, 5) is 2.33. The minimum absolute atomic E-state index is 0.0876. The molecule has 1 aromatic rings. The van der Waals surface area contributed by atoms with E-state index < -0.39 is 10.0 Å². The quantitative estimate of drug-likeness (QED) is 0.777. The summed E-state index contributed by atoms with van der Waals surface area (Å²) in [5.74, 6) is 0. The number of nitrogens with two attached hydrogens (primary N) is 2. The maximum Gasteiger partial charge on any atom is 0.238 e. The van der Waals surface area contributed by atoms with Gasteiger partial charge in [-0.2, -0.15) is 0 Å². The summed E-state index contributed by atoms with van der Waals surface area (Å²) in [7, 11) is -3.71. The molecule has 6 heteroatoms. The van der Waals surface area contributed by atoms with E-state index in [1.807, 2.05) is 6.07 Å². The Morgan fingerprint density at radius 1 is 1.32 bits per heavy atom. The van der Waals surface area contributed by atoms with E-state index in [1.165, 1.54) is 6.07 Å². The average Bonchev–Trinajstić information content (AvgIpc) is 3.12. The van der Waals surface area contributed by atoms with E-state index >= 15 is 0 Å². The molecule has 1 aliphatic carbocycles. The van der Waals surface area contributed by atoms with Crippen LogP contribution in [0.3, 0.4) is 0 Å². The lowest BCUT2D eigenvalue weighted by Crippen LogP contribution is -2.27. The molecule has 2 rings (SSSR count). The van der Waals surface area contributed by atoms with Crippen molar-refractivity contribution in [1.82, 2.24) is 0 Å². The molecule has 1 fully saturated rings. The van der Waals surface area contributed by atoms with Crippen molar-refractivity contribution in [3.8, 4) is 0 Å². The standard InChI is InChI=1S/C13H21N3O2S/c1-2-3-6-16(11-4-5-11)12-7-10(14)8-13(9-12)19(15,17)18/h7-9,11H,2-6,14H2,1H3,(H2,15,17,18). The lowest BCUT2D eigenvalue weighted by Gasteiger charge is -2.25. The summed E-state index contributed by atoms with van der Waals surface area (Å²) >= 11 is 0. The Bertz CT molecular complexity index is 553. The predicted octanol–water partition coefficient (Wildman–Crippen LogP) is 1.69. The van der Waals surface area contributed by atoms with Gasteiger partial charge in [0.25, 0.3) is 0 Å². The Morgan fingerprint density at radius 2 is 2.00 bits per heavy atom. The van der Waals surface area contributed by atoms with Gasteiger partial charge in [0.05, 0.1) is 4.90 Å². The zero-order chi connectivity index (χ0) is 14.0. The van der Waals surface area contributed by atoms with Crippen molar-refractivity contribution in [2.45, 2.75) is 43.5 Å². The molecule has 0 spiro atoms. The molecule has 0 unspecified atom stereocenters. The van der Waals surface area contributed by atoms with Gasteiger partial charge < -0.3 is 10.6 Å². The molecule has 5 nitrogen and oxygen atoms in total. The fourth-order valence-electron chi connectivity index (χ4n) is 2.17. The van der Waals surface area contributed by atoms with E-state index in [9.17, 15) is 8.42 Å². The molecule has 0 amide bonds. The number of nitrogen functional groups attached to an aromatic ring is 1. The van der Waals surface area contributed by atoms with Gasteiger partial charge in [0, 0.05) is 24.0 Å². The van der Waals surface area contributed by atoms with Gasteiger partial charge >= 0.3 is 0 Å². The van der Waals surface area contributed by atoms with Crippen molar-refractivity contribution in [2.24, 2.45) is 5.14 Å². The van der Waals surface area contributed by atoms with Crippen LogP contribution in [0.15, 0.2) is 23.1 Å². The first-order valence-corrected chi connectivity index (χ1v) is 8.16. The minimum atomic E-state index is -3.71. The molecule has 1 aromatic carbocycles. The highest BCUT2D eigenvalue weighted by Gasteiger charge is 2.29. The molecule has 19 heavy (non-hydrogen) atoms. The minimum Gasteiger partial charge on any atom is -0.399 e. The van der Waals surface area contributed by atoms with Crippen molar-refractivity contribution in [2.75, 3.05) is 17.2 Å². The third-order valence-corrected chi connectivity index (χ3v) is 4.21. The number of primary sulfonamides is 1. The van der Waals surface area contributed by atoms with Gasteiger partial charge in [-0.25, -0.2) is 13.6 Å². The summed E-state index contributed by atoms with van der Waals surface area (Å²) in [5, 5.41) is 5.18. The second-order valence-corrected chi connectivity index (χ2v) is 6.64. The fraction of sp³-hybridized carbons (Fsp3) is 0.538. The Morgan fingerprint density at radius 3 is 2.53 bits per heavy atom. The number of hydrogen-bond acceptors (Lipinski definition) is 4. The molecular formula is C13H21N3O2S. The fourth-order valence-corrected chi connectivity index (χ4v) is 2.76. The zero-order valence-corrected chi connectivity index (χ0v) is 12.0. The van der Waals surface area contributed by atoms with Crippen LogP contribution in [0.2, 0.25) is 0 Å². The summed E-state index contributed by atoms with van der Waals surface area (Å²) in [6.07, 6.45) is 4.50. The van der Waals surface area contributed by atoms with E-state index in [2.05, 4.69) is 11.8 Å². The Balaban J connectivity index is 2.33. The number of rotatable bonds is 6. The van der Waals surface area contributed by atoms with Crippen molar-refractivity contribution in [3.05, 3.63) is 18.2 Å². The summed E-state index contributed by atoms with van der Waals surface area (Å²) in [6, 6.07) is 5.37. The van der Waals surface area contributed by atoms with Gasteiger partial charge in [0.2, 0.25) is 10.0 Å². The number of sulfonamides is 1. The van der Waals surface area contributed by atoms with Crippen LogP contribution < -0.4 is 15.8 Å². The van der Waals surface area contributed by atoms with E-state index in [0.717, 1.165) is 37.9 Å². The van der Waals surface area contributed by atoms with E-state index in [1.54, 1.807) is 6.07 Å². The first-order chi connectivity index (χ1) is 8.91. The topological polar surface area (TPSA) is 89.4 Å². The highest BCUT2D eigenvalue weighted by atomic mass is 32.2. The highest BCUT2D eigenvalue weighted by molar-refractivity contribution is 7.89. The Labute approximate surface area is 114 Å². The molecule has 0 radical (unpaired) electrons. The monoisotopic (exact) mass is 283 g/mol. The smallest absolute Gasteiger partial charge is 0.238 e. The molecule has 1 saturated carbocycles. The van der Waals surface area contributed by atoms with Gasteiger partial charge in [-0.3, -0.25) is 0 Å². The van der Waals surface area contributed by atoms with E-state index in [4.69, 9.17) is 10.9 Å². The Kier molecular flexibility index (Phi) is 4.01. The molecule has 0 bridgehead atoms. The van der Waals surface area contributed by atoms with Crippen LogP contribution in [0, 0.1) is 0 Å². The number of anilines is 2. The molecule has 0 heterocycles. The van der Waals surface area contributed by atoms with Crippen LogP contribution in [0.25, 0.3) is 0 Å². The van der Waals surface area contributed by atoms with Gasteiger partial charge in [-0.1, -0.05) is 13.3 Å². The van der Waals surface area contributed by atoms with Gasteiger partial charge in [0.15, 0.2) is 0 Å². The van der Waals surface area contributed by atoms with Crippen molar-refractivity contribution in [1.29, 1.82) is 0 Å². The van der Waals surface area contributed by atoms with Gasteiger partial charge in [-0.15, -0.1) is 0 Å². The predicted molar refractivity (Wildman–Crippen MR) is 77.5 cm³/mol. The second kappa shape index (κ2) is 5.38. The number of nitrogens with zero attached hydrogens (tertiary/aromatic N) is 1. The molecule has 0 atom stereocenters.